The SMILES string of the molecule is C#CCOc1c(Br)cc(/C=C(/C#N)C(=O)NCCc2c[nH]c3ccccc23)cc1Br. The van der Waals surface area contributed by atoms with E-state index in [0.717, 1.165) is 16.5 Å². The van der Waals surface area contributed by atoms with Crippen LogP contribution in [0.2, 0.25) is 0 Å². The number of benzene rings is 2. The molecule has 1 aromatic heterocycles. The molecular formula is C23H17Br2N3O2. The van der Waals surface area contributed by atoms with E-state index in [-0.39, 0.29) is 12.2 Å². The van der Waals surface area contributed by atoms with Crippen molar-refractivity contribution in [2.45, 2.75) is 6.42 Å². The topological polar surface area (TPSA) is 77.9 Å². The monoisotopic (exact) mass is 525 g/mol. The fourth-order valence-electron chi connectivity index (χ4n) is 2.97. The van der Waals surface area contributed by atoms with Crippen molar-refractivity contribution in [2.24, 2.45) is 0 Å². The van der Waals surface area contributed by atoms with Gasteiger partial charge in [-0.25, -0.2) is 0 Å². The Morgan fingerprint density at radius 3 is 2.70 bits per heavy atom. The number of nitrogens with one attached hydrogen (secondary N) is 2. The van der Waals surface area contributed by atoms with Crippen LogP contribution in [0, 0.1) is 23.7 Å². The normalized spacial score (nSPS) is 11.0. The molecule has 0 aliphatic carbocycles. The van der Waals surface area contributed by atoms with Gasteiger partial charge in [-0.1, -0.05) is 24.1 Å². The number of nitriles is 1. The molecule has 0 unspecified atom stereocenters. The summed E-state index contributed by atoms with van der Waals surface area (Å²) in [7, 11) is 0. The Hall–Kier alpha value is -3.00. The van der Waals surface area contributed by atoms with E-state index >= 15 is 0 Å². The lowest BCUT2D eigenvalue weighted by Crippen LogP contribution is -2.26. The summed E-state index contributed by atoms with van der Waals surface area (Å²) < 4.78 is 6.80. The molecule has 0 aliphatic rings. The Labute approximate surface area is 191 Å². The van der Waals surface area contributed by atoms with Crippen LogP contribution in [0.15, 0.2) is 57.1 Å². The third-order valence-corrected chi connectivity index (χ3v) is 5.53. The zero-order valence-corrected chi connectivity index (χ0v) is 19.0. The third-order valence-electron chi connectivity index (χ3n) is 4.35. The molecule has 2 aromatic carbocycles. The molecule has 5 nitrogen and oxygen atoms in total. The Morgan fingerprint density at radius 2 is 2.00 bits per heavy atom. The highest BCUT2D eigenvalue weighted by Gasteiger charge is 2.12. The Balaban J connectivity index is 1.68. The second-order valence-electron chi connectivity index (χ2n) is 6.34. The summed E-state index contributed by atoms with van der Waals surface area (Å²) in [6.45, 7) is 0.556. The van der Waals surface area contributed by atoms with Gasteiger partial charge in [-0.3, -0.25) is 4.79 Å². The molecule has 0 spiro atoms. The van der Waals surface area contributed by atoms with Gasteiger partial charge in [0.2, 0.25) is 0 Å². The standard InChI is InChI=1S/C23H17Br2N3O2/c1-2-9-30-22-19(24)11-15(12-20(22)25)10-17(13-26)23(29)27-8-7-16-14-28-21-6-4-3-5-18(16)21/h1,3-6,10-12,14,28H,7-9H2,(H,27,29)/b17-10-. The van der Waals surface area contributed by atoms with Gasteiger partial charge in [0.05, 0.1) is 8.95 Å². The van der Waals surface area contributed by atoms with Crippen molar-refractivity contribution in [1.82, 2.24) is 10.3 Å². The van der Waals surface area contributed by atoms with E-state index in [0.29, 0.717) is 33.2 Å². The molecule has 0 aliphatic heterocycles. The van der Waals surface area contributed by atoms with E-state index in [1.165, 1.54) is 6.08 Å². The number of ether oxygens (including phenoxy) is 1. The van der Waals surface area contributed by atoms with E-state index in [1.807, 2.05) is 36.5 Å². The first-order valence-corrected chi connectivity index (χ1v) is 10.6. The van der Waals surface area contributed by atoms with Gasteiger partial charge in [0.1, 0.15) is 24.0 Å². The first-order chi connectivity index (χ1) is 14.5. The predicted molar refractivity (Wildman–Crippen MR) is 125 cm³/mol. The second-order valence-corrected chi connectivity index (χ2v) is 8.05. The van der Waals surface area contributed by atoms with Gasteiger partial charge in [0.15, 0.2) is 0 Å². The van der Waals surface area contributed by atoms with E-state index < -0.39 is 5.91 Å². The van der Waals surface area contributed by atoms with Gasteiger partial charge in [-0.05, 0) is 73.7 Å². The van der Waals surface area contributed by atoms with Crippen molar-refractivity contribution in [3.05, 3.63) is 68.2 Å². The van der Waals surface area contributed by atoms with Gasteiger partial charge >= 0.3 is 0 Å². The van der Waals surface area contributed by atoms with Crippen LogP contribution in [0.3, 0.4) is 0 Å². The largest absolute Gasteiger partial charge is 0.479 e. The number of H-pyrrole nitrogens is 1. The summed E-state index contributed by atoms with van der Waals surface area (Å²) in [6.07, 6.45) is 9.35. The highest BCUT2D eigenvalue weighted by molar-refractivity contribution is 9.11. The van der Waals surface area contributed by atoms with Crippen molar-refractivity contribution in [3.8, 4) is 24.2 Å². The lowest BCUT2D eigenvalue weighted by atomic mass is 10.1. The van der Waals surface area contributed by atoms with Gasteiger partial charge in [-0.15, -0.1) is 6.42 Å². The molecule has 1 amide bonds. The maximum Gasteiger partial charge on any atom is 0.261 e. The summed E-state index contributed by atoms with van der Waals surface area (Å²) in [5, 5.41) is 13.4. The van der Waals surface area contributed by atoms with Crippen LogP contribution in [-0.4, -0.2) is 24.0 Å². The molecule has 2 N–H and O–H groups in total. The lowest BCUT2D eigenvalue weighted by Gasteiger charge is -2.09. The summed E-state index contributed by atoms with van der Waals surface area (Å²) >= 11 is 6.84. The fraction of sp³-hybridized carbons (Fsp3) is 0.130. The predicted octanol–water partition coefficient (Wildman–Crippen LogP) is 4.97. The number of para-hydroxylation sites is 1. The lowest BCUT2D eigenvalue weighted by molar-refractivity contribution is -0.117. The minimum atomic E-state index is -0.419. The van der Waals surface area contributed by atoms with Gasteiger partial charge in [0, 0.05) is 23.6 Å². The minimum absolute atomic E-state index is 0.0185. The van der Waals surface area contributed by atoms with Crippen LogP contribution in [0.1, 0.15) is 11.1 Å². The Morgan fingerprint density at radius 1 is 1.27 bits per heavy atom. The van der Waals surface area contributed by atoms with Crippen LogP contribution in [0.5, 0.6) is 5.75 Å². The maximum absolute atomic E-state index is 12.5. The number of terminal acetylenes is 1. The zero-order chi connectivity index (χ0) is 21.5. The van der Waals surface area contributed by atoms with Gasteiger partial charge < -0.3 is 15.0 Å². The second kappa shape index (κ2) is 10.2. The third kappa shape index (κ3) is 5.13. The Kier molecular flexibility index (Phi) is 7.35. The van der Waals surface area contributed by atoms with Crippen LogP contribution in [-0.2, 0) is 11.2 Å². The molecule has 0 saturated heterocycles. The number of nitrogens with zero attached hydrogens (tertiary/aromatic N) is 1. The van der Waals surface area contributed by atoms with E-state index in [9.17, 15) is 10.1 Å². The van der Waals surface area contributed by atoms with Crippen molar-refractivity contribution in [2.75, 3.05) is 13.2 Å². The molecule has 7 heteroatoms. The summed E-state index contributed by atoms with van der Waals surface area (Å²) in [5.74, 6) is 2.55. The van der Waals surface area contributed by atoms with E-state index in [4.69, 9.17) is 11.2 Å². The quantitative estimate of drug-likeness (QED) is 0.259. The molecule has 3 rings (SSSR count). The summed E-state index contributed by atoms with van der Waals surface area (Å²) in [6, 6.07) is 13.5. The average Bonchev–Trinajstić information content (AvgIpc) is 3.14. The number of halogens is 2. The molecule has 1 heterocycles. The number of amides is 1. The van der Waals surface area contributed by atoms with Crippen molar-refractivity contribution >= 4 is 54.7 Å². The molecule has 0 radical (unpaired) electrons. The minimum Gasteiger partial charge on any atom is -0.479 e. The van der Waals surface area contributed by atoms with E-state index in [1.54, 1.807) is 12.1 Å². The van der Waals surface area contributed by atoms with Crippen LogP contribution in [0.25, 0.3) is 17.0 Å². The maximum atomic E-state index is 12.5. The summed E-state index contributed by atoms with van der Waals surface area (Å²) in [5.41, 5.74) is 2.86. The molecular weight excluding hydrogens is 510 g/mol. The molecule has 3 aromatic rings. The molecule has 0 atom stereocenters. The Bertz CT molecular complexity index is 1180. The molecule has 0 saturated carbocycles. The van der Waals surface area contributed by atoms with Crippen molar-refractivity contribution < 1.29 is 9.53 Å². The fourth-order valence-corrected chi connectivity index (χ4v) is 4.42. The zero-order valence-electron chi connectivity index (χ0n) is 15.8. The highest BCUT2D eigenvalue weighted by Crippen LogP contribution is 2.35. The number of aromatic nitrogens is 1. The average molecular weight is 527 g/mol. The number of hydrogen-bond donors (Lipinski definition) is 2. The van der Waals surface area contributed by atoms with Crippen LogP contribution < -0.4 is 10.1 Å². The smallest absolute Gasteiger partial charge is 0.261 e. The molecule has 30 heavy (non-hydrogen) atoms. The van der Waals surface area contributed by atoms with E-state index in [2.05, 4.69) is 48.1 Å². The number of hydrogen-bond acceptors (Lipinski definition) is 3. The first-order valence-electron chi connectivity index (χ1n) is 9.03. The van der Waals surface area contributed by atoms with Gasteiger partial charge in [0.25, 0.3) is 5.91 Å². The molecule has 150 valence electrons. The van der Waals surface area contributed by atoms with Crippen molar-refractivity contribution in [3.63, 3.8) is 0 Å². The van der Waals surface area contributed by atoms with Gasteiger partial charge in [-0.2, -0.15) is 5.26 Å². The number of fused-ring (bicyclic) bond motifs is 1. The van der Waals surface area contributed by atoms with Crippen LogP contribution >= 0.6 is 31.9 Å². The number of carbonyl (C=O) groups excluding carboxylic acids is 1. The first kappa shape index (κ1) is 21.7. The number of aromatic amines is 1. The molecule has 0 bridgehead atoms. The summed E-state index contributed by atoms with van der Waals surface area (Å²) in [4.78, 5) is 15.7. The highest BCUT2D eigenvalue weighted by atomic mass is 79.9. The number of rotatable bonds is 7. The van der Waals surface area contributed by atoms with Crippen LogP contribution in [0.4, 0.5) is 0 Å². The number of carbonyl (C=O) groups is 1. The molecule has 0 fully saturated rings. The van der Waals surface area contributed by atoms with Crippen molar-refractivity contribution in [1.29, 1.82) is 5.26 Å².